The fourth-order valence-electron chi connectivity index (χ4n) is 1.82. The van der Waals surface area contributed by atoms with Gasteiger partial charge in [-0.15, -0.1) is 0 Å². The summed E-state index contributed by atoms with van der Waals surface area (Å²) in [6.45, 7) is 0. The van der Waals surface area contributed by atoms with Gasteiger partial charge in [-0.25, -0.2) is 0 Å². The highest BCUT2D eigenvalue weighted by Gasteiger charge is 2.13. The number of nitrogens with zero attached hydrogens (tertiary/aromatic N) is 1. The molecule has 1 aromatic carbocycles. The van der Waals surface area contributed by atoms with Gasteiger partial charge >= 0.3 is 0 Å². The van der Waals surface area contributed by atoms with Crippen LogP contribution in [0.5, 0.6) is 0 Å². The van der Waals surface area contributed by atoms with E-state index >= 15 is 0 Å². The molecule has 0 saturated carbocycles. The second-order valence-electron chi connectivity index (χ2n) is 4.05. The summed E-state index contributed by atoms with van der Waals surface area (Å²) in [4.78, 5) is 4.09. The van der Waals surface area contributed by atoms with Gasteiger partial charge in [-0.2, -0.15) is 0 Å². The van der Waals surface area contributed by atoms with Crippen LogP contribution in [0.1, 0.15) is 17.2 Å². The first-order chi connectivity index (χ1) is 8.70. The van der Waals surface area contributed by atoms with Gasteiger partial charge in [0.2, 0.25) is 0 Å². The summed E-state index contributed by atoms with van der Waals surface area (Å²) >= 11 is 3.41. The molecule has 1 unspecified atom stereocenters. The number of hydrazine groups is 1. The molecule has 5 N–H and O–H groups in total. The lowest BCUT2D eigenvalue weighted by molar-refractivity contribution is 0.552. The van der Waals surface area contributed by atoms with E-state index in [-0.39, 0.29) is 6.04 Å². The monoisotopic (exact) mass is 306 g/mol. The SMILES string of the molecule is NNC(Cc1ccc(Br)cc1)c1cnccc1N. The Morgan fingerprint density at radius 1 is 1.22 bits per heavy atom. The lowest BCUT2D eigenvalue weighted by Crippen LogP contribution is -2.30. The summed E-state index contributed by atoms with van der Waals surface area (Å²) in [7, 11) is 0. The van der Waals surface area contributed by atoms with Crippen molar-refractivity contribution >= 4 is 21.6 Å². The Bertz CT molecular complexity index is 513. The van der Waals surface area contributed by atoms with Crippen molar-refractivity contribution in [3.63, 3.8) is 0 Å². The molecule has 0 aliphatic carbocycles. The molecule has 4 nitrogen and oxygen atoms in total. The molecule has 94 valence electrons. The van der Waals surface area contributed by atoms with Gasteiger partial charge in [0.15, 0.2) is 0 Å². The Morgan fingerprint density at radius 2 is 1.94 bits per heavy atom. The van der Waals surface area contributed by atoms with E-state index < -0.39 is 0 Å². The Kier molecular flexibility index (Phi) is 4.30. The van der Waals surface area contributed by atoms with Crippen LogP contribution in [0.25, 0.3) is 0 Å². The van der Waals surface area contributed by atoms with Gasteiger partial charge < -0.3 is 5.73 Å². The van der Waals surface area contributed by atoms with E-state index in [1.807, 2.05) is 12.1 Å². The molecule has 0 amide bonds. The number of rotatable bonds is 4. The zero-order chi connectivity index (χ0) is 13.0. The minimum absolute atomic E-state index is 0.0418. The Labute approximate surface area is 115 Å². The molecule has 0 bridgehead atoms. The number of nitrogen functional groups attached to an aromatic ring is 1. The third-order valence-corrected chi connectivity index (χ3v) is 3.35. The van der Waals surface area contributed by atoms with Crippen molar-refractivity contribution in [3.8, 4) is 0 Å². The van der Waals surface area contributed by atoms with E-state index in [2.05, 4.69) is 38.5 Å². The van der Waals surface area contributed by atoms with E-state index in [1.54, 1.807) is 18.5 Å². The number of benzene rings is 1. The predicted molar refractivity (Wildman–Crippen MR) is 76.6 cm³/mol. The number of anilines is 1. The van der Waals surface area contributed by atoms with E-state index in [1.165, 1.54) is 5.56 Å². The smallest absolute Gasteiger partial charge is 0.0535 e. The fraction of sp³-hybridized carbons (Fsp3) is 0.154. The number of hydrogen-bond acceptors (Lipinski definition) is 4. The highest BCUT2D eigenvalue weighted by atomic mass is 79.9. The molecule has 0 aliphatic rings. The van der Waals surface area contributed by atoms with Crippen LogP contribution in [0.4, 0.5) is 5.69 Å². The predicted octanol–water partition coefficient (Wildman–Crippen LogP) is 2.17. The second-order valence-corrected chi connectivity index (χ2v) is 4.97. The molecule has 1 atom stereocenters. The van der Waals surface area contributed by atoms with Crippen LogP contribution in [0.2, 0.25) is 0 Å². The number of pyridine rings is 1. The molecular weight excluding hydrogens is 292 g/mol. The zero-order valence-electron chi connectivity index (χ0n) is 9.81. The molecule has 0 aliphatic heterocycles. The summed E-state index contributed by atoms with van der Waals surface area (Å²) in [5, 5.41) is 0. The van der Waals surface area contributed by atoms with Crippen LogP contribution in [-0.4, -0.2) is 4.98 Å². The van der Waals surface area contributed by atoms with Gasteiger partial charge in [-0.05, 0) is 30.2 Å². The molecule has 0 radical (unpaired) electrons. The van der Waals surface area contributed by atoms with E-state index in [0.717, 1.165) is 16.5 Å². The van der Waals surface area contributed by atoms with Crippen LogP contribution < -0.4 is 17.0 Å². The average molecular weight is 307 g/mol. The summed E-state index contributed by atoms with van der Waals surface area (Å²) in [5.74, 6) is 5.61. The molecular formula is C13H15BrN4. The molecule has 5 heteroatoms. The Hall–Kier alpha value is -1.43. The van der Waals surface area contributed by atoms with Crippen molar-refractivity contribution in [2.24, 2.45) is 5.84 Å². The van der Waals surface area contributed by atoms with Crippen molar-refractivity contribution in [2.75, 3.05) is 5.73 Å². The van der Waals surface area contributed by atoms with Crippen molar-refractivity contribution in [1.29, 1.82) is 0 Å². The first kappa shape index (κ1) is 13.0. The van der Waals surface area contributed by atoms with Gasteiger partial charge in [0, 0.05) is 28.1 Å². The molecule has 0 fully saturated rings. The maximum Gasteiger partial charge on any atom is 0.0535 e. The van der Waals surface area contributed by atoms with Gasteiger partial charge in [-0.1, -0.05) is 28.1 Å². The third-order valence-electron chi connectivity index (χ3n) is 2.82. The van der Waals surface area contributed by atoms with Crippen LogP contribution in [0, 0.1) is 0 Å². The average Bonchev–Trinajstić information content (AvgIpc) is 2.39. The first-order valence-corrected chi connectivity index (χ1v) is 6.40. The summed E-state index contributed by atoms with van der Waals surface area (Å²) < 4.78 is 1.06. The van der Waals surface area contributed by atoms with Gasteiger partial charge in [0.1, 0.15) is 0 Å². The van der Waals surface area contributed by atoms with Crippen LogP contribution >= 0.6 is 15.9 Å². The topological polar surface area (TPSA) is 77.0 Å². The molecule has 2 rings (SSSR count). The number of nitrogens with two attached hydrogens (primary N) is 2. The minimum atomic E-state index is -0.0418. The number of hydrogen-bond donors (Lipinski definition) is 3. The third kappa shape index (κ3) is 3.07. The van der Waals surface area contributed by atoms with Gasteiger partial charge in [0.05, 0.1) is 6.04 Å². The highest BCUT2D eigenvalue weighted by molar-refractivity contribution is 9.10. The summed E-state index contributed by atoms with van der Waals surface area (Å²) in [6.07, 6.45) is 4.18. The number of aromatic nitrogens is 1. The standard InChI is InChI=1S/C13H15BrN4/c14-10-3-1-9(2-4-10)7-13(18-16)11-8-17-6-5-12(11)15/h1-6,8,13,18H,7,16H2,(H2,15,17). The molecule has 2 aromatic rings. The summed E-state index contributed by atoms with van der Waals surface area (Å²) in [6, 6.07) is 9.87. The van der Waals surface area contributed by atoms with Crippen LogP contribution in [0.15, 0.2) is 47.2 Å². The van der Waals surface area contributed by atoms with E-state index in [4.69, 9.17) is 11.6 Å². The molecule has 0 saturated heterocycles. The lowest BCUT2D eigenvalue weighted by atomic mass is 10.00. The Balaban J connectivity index is 2.20. The summed E-state index contributed by atoms with van der Waals surface area (Å²) in [5.41, 5.74) is 11.5. The molecule has 1 aromatic heterocycles. The van der Waals surface area contributed by atoms with Crippen LogP contribution in [0.3, 0.4) is 0 Å². The van der Waals surface area contributed by atoms with Crippen molar-refractivity contribution in [2.45, 2.75) is 12.5 Å². The van der Waals surface area contributed by atoms with E-state index in [9.17, 15) is 0 Å². The van der Waals surface area contributed by atoms with Gasteiger partial charge in [-0.3, -0.25) is 16.3 Å². The van der Waals surface area contributed by atoms with Crippen molar-refractivity contribution in [3.05, 3.63) is 58.3 Å². The lowest BCUT2D eigenvalue weighted by Gasteiger charge is -2.17. The number of nitrogens with one attached hydrogen (secondary N) is 1. The normalized spacial score (nSPS) is 12.3. The number of halogens is 1. The van der Waals surface area contributed by atoms with E-state index in [0.29, 0.717) is 5.69 Å². The van der Waals surface area contributed by atoms with Gasteiger partial charge in [0.25, 0.3) is 0 Å². The molecule has 1 heterocycles. The zero-order valence-corrected chi connectivity index (χ0v) is 11.4. The maximum atomic E-state index is 5.93. The molecule has 0 spiro atoms. The second kappa shape index (κ2) is 5.95. The first-order valence-electron chi connectivity index (χ1n) is 5.60. The van der Waals surface area contributed by atoms with Crippen molar-refractivity contribution < 1.29 is 0 Å². The van der Waals surface area contributed by atoms with Crippen molar-refractivity contribution in [1.82, 2.24) is 10.4 Å². The Morgan fingerprint density at radius 3 is 2.56 bits per heavy atom. The minimum Gasteiger partial charge on any atom is -0.398 e. The quantitative estimate of drug-likeness (QED) is 0.597. The molecule has 18 heavy (non-hydrogen) atoms. The largest absolute Gasteiger partial charge is 0.398 e. The highest BCUT2D eigenvalue weighted by Crippen LogP contribution is 2.22. The fourth-order valence-corrected chi connectivity index (χ4v) is 2.09. The van der Waals surface area contributed by atoms with Crippen LogP contribution in [-0.2, 0) is 6.42 Å². The maximum absolute atomic E-state index is 5.93.